The van der Waals surface area contributed by atoms with Crippen molar-refractivity contribution in [2.75, 3.05) is 0 Å². The van der Waals surface area contributed by atoms with Gasteiger partial charge in [-0.2, -0.15) is 0 Å². The molecule has 2 aliphatic carbocycles. The van der Waals surface area contributed by atoms with Gasteiger partial charge in [-0.1, -0.05) is 0 Å². The maximum Gasteiger partial charge on any atom is 0.250 e. The third-order valence-corrected chi connectivity index (χ3v) is 2.54. The van der Waals surface area contributed by atoms with Gasteiger partial charge >= 0.3 is 0 Å². The SMILES string of the molecule is NC1(C(O)C(=O)NC2CC2)CC1. The number of hydrogen-bond donors (Lipinski definition) is 3. The van der Waals surface area contributed by atoms with Gasteiger partial charge in [0.1, 0.15) is 0 Å². The van der Waals surface area contributed by atoms with Gasteiger partial charge in [0.05, 0.1) is 5.54 Å². The van der Waals surface area contributed by atoms with Crippen LogP contribution in [0.25, 0.3) is 0 Å². The second-order valence-electron chi connectivity index (χ2n) is 3.92. The lowest BCUT2D eigenvalue weighted by Gasteiger charge is -2.16. The van der Waals surface area contributed by atoms with Crippen molar-refractivity contribution in [3.63, 3.8) is 0 Å². The third-order valence-electron chi connectivity index (χ3n) is 2.54. The van der Waals surface area contributed by atoms with Crippen molar-refractivity contribution in [3.05, 3.63) is 0 Å². The van der Waals surface area contributed by atoms with Crippen LogP contribution in [0.1, 0.15) is 25.7 Å². The molecule has 0 heterocycles. The summed E-state index contributed by atoms with van der Waals surface area (Å²) in [5.41, 5.74) is 5.06. The number of carbonyl (C=O) groups is 1. The molecule has 4 nitrogen and oxygen atoms in total. The Morgan fingerprint density at radius 3 is 2.58 bits per heavy atom. The lowest BCUT2D eigenvalue weighted by molar-refractivity contribution is -0.130. The Balaban J connectivity index is 1.85. The predicted octanol–water partition coefficient (Wildman–Crippen LogP) is -0.883. The fourth-order valence-electron chi connectivity index (χ4n) is 1.19. The highest BCUT2D eigenvalue weighted by Gasteiger charge is 2.49. The van der Waals surface area contributed by atoms with Crippen molar-refractivity contribution in [3.8, 4) is 0 Å². The van der Waals surface area contributed by atoms with E-state index < -0.39 is 11.6 Å². The van der Waals surface area contributed by atoms with Crippen molar-refractivity contribution in [2.24, 2.45) is 5.73 Å². The maximum absolute atomic E-state index is 11.2. The molecule has 0 aromatic carbocycles. The summed E-state index contributed by atoms with van der Waals surface area (Å²) < 4.78 is 0. The predicted molar refractivity (Wildman–Crippen MR) is 43.3 cm³/mol. The number of nitrogens with one attached hydrogen (secondary N) is 1. The number of aliphatic hydroxyl groups excluding tert-OH is 1. The molecule has 12 heavy (non-hydrogen) atoms. The Kier molecular flexibility index (Phi) is 1.63. The van der Waals surface area contributed by atoms with E-state index in [1.807, 2.05) is 0 Å². The van der Waals surface area contributed by atoms with Crippen LogP contribution in [0.2, 0.25) is 0 Å². The summed E-state index contributed by atoms with van der Waals surface area (Å²) >= 11 is 0. The summed E-state index contributed by atoms with van der Waals surface area (Å²) in [6.45, 7) is 0. The summed E-state index contributed by atoms with van der Waals surface area (Å²) in [6.07, 6.45) is 2.59. The molecular formula is C8H14N2O2. The first-order chi connectivity index (χ1) is 5.62. The van der Waals surface area contributed by atoms with Crippen molar-refractivity contribution in [1.29, 1.82) is 0 Å². The zero-order valence-electron chi connectivity index (χ0n) is 6.92. The minimum absolute atomic E-state index is 0.294. The van der Waals surface area contributed by atoms with Crippen LogP contribution in [0.5, 0.6) is 0 Å². The normalized spacial score (nSPS) is 27.8. The van der Waals surface area contributed by atoms with Crippen LogP contribution in [-0.2, 0) is 4.79 Å². The second kappa shape index (κ2) is 2.44. The minimum atomic E-state index is -1.00. The summed E-state index contributed by atoms with van der Waals surface area (Å²) in [4.78, 5) is 11.2. The molecule has 1 atom stereocenters. The quantitative estimate of drug-likeness (QED) is 0.514. The molecule has 1 amide bonds. The number of aliphatic hydroxyl groups is 1. The van der Waals surface area contributed by atoms with Crippen LogP contribution in [0, 0.1) is 0 Å². The van der Waals surface area contributed by atoms with Crippen LogP contribution in [0.15, 0.2) is 0 Å². The topological polar surface area (TPSA) is 75.3 Å². The van der Waals surface area contributed by atoms with Crippen LogP contribution < -0.4 is 11.1 Å². The van der Waals surface area contributed by atoms with Gasteiger partial charge in [-0.15, -0.1) is 0 Å². The van der Waals surface area contributed by atoms with Crippen LogP contribution >= 0.6 is 0 Å². The van der Waals surface area contributed by atoms with Gasteiger partial charge in [-0.05, 0) is 25.7 Å². The molecule has 1 unspecified atom stereocenters. The molecule has 0 aliphatic heterocycles. The monoisotopic (exact) mass is 170 g/mol. The first kappa shape index (κ1) is 8.01. The van der Waals surface area contributed by atoms with Gasteiger partial charge < -0.3 is 16.2 Å². The minimum Gasteiger partial charge on any atom is -0.381 e. The third kappa shape index (κ3) is 1.44. The van der Waals surface area contributed by atoms with E-state index in [2.05, 4.69) is 5.32 Å². The molecule has 2 saturated carbocycles. The largest absolute Gasteiger partial charge is 0.381 e. The number of rotatable bonds is 3. The Hall–Kier alpha value is -0.610. The Labute approximate surface area is 71.1 Å². The van der Waals surface area contributed by atoms with E-state index in [1.165, 1.54) is 0 Å². The molecule has 0 saturated heterocycles. The van der Waals surface area contributed by atoms with E-state index in [9.17, 15) is 9.90 Å². The van der Waals surface area contributed by atoms with Gasteiger partial charge in [-0.3, -0.25) is 4.79 Å². The highest BCUT2D eigenvalue weighted by atomic mass is 16.3. The molecule has 0 radical (unpaired) electrons. The van der Waals surface area contributed by atoms with Crippen molar-refractivity contribution >= 4 is 5.91 Å². The van der Waals surface area contributed by atoms with Gasteiger partial charge in [0.25, 0.3) is 5.91 Å². The number of carbonyl (C=O) groups excluding carboxylic acids is 1. The standard InChI is InChI=1S/C8H14N2O2/c9-8(3-4-8)6(11)7(12)10-5-1-2-5/h5-6,11H,1-4,9H2,(H,10,12). The Morgan fingerprint density at radius 1 is 1.58 bits per heavy atom. The Morgan fingerprint density at radius 2 is 2.17 bits per heavy atom. The zero-order chi connectivity index (χ0) is 8.77. The number of amides is 1. The van der Waals surface area contributed by atoms with Gasteiger partial charge in [0.2, 0.25) is 0 Å². The lowest BCUT2D eigenvalue weighted by Crippen LogP contribution is -2.48. The lowest BCUT2D eigenvalue weighted by atomic mass is 10.1. The van der Waals surface area contributed by atoms with E-state index in [1.54, 1.807) is 0 Å². The van der Waals surface area contributed by atoms with Crippen LogP contribution in [0.4, 0.5) is 0 Å². The Bertz CT molecular complexity index is 209. The van der Waals surface area contributed by atoms with E-state index >= 15 is 0 Å². The van der Waals surface area contributed by atoms with Crippen LogP contribution in [0.3, 0.4) is 0 Å². The summed E-state index contributed by atoms with van der Waals surface area (Å²) in [5.74, 6) is -0.294. The van der Waals surface area contributed by atoms with E-state index in [0.717, 1.165) is 25.7 Å². The molecule has 68 valence electrons. The number of nitrogens with two attached hydrogens (primary N) is 1. The summed E-state index contributed by atoms with van der Waals surface area (Å²) in [5, 5.41) is 12.2. The molecule has 2 rings (SSSR count). The molecule has 4 N–H and O–H groups in total. The average molecular weight is 170 g/mol. The fourth-order valence-corrected chi connectivity index (χ4v) is 1.19. The first-order valence-corrected chi connectivity index (χ1v) is 4.39. The van der Waals surface area contributed by atoms with Crippen molar-refractivity contribution < 1.29 is 9.90 Å². The van der Waals surface area contributed by atoms with Gasteiger partial charge in [-0.25, -0.2) is 0 Å². The molecule has 2 aliphatic rings. The molecule has 0 aromatic heterocycles. The van der Waals surface area contributed by atoms with E-state index in [0.29, 0.717) is 6.04 Å². The van der Waals surface area contributed by atoms with Crippen LogP contribution in [-0.4, -0.2) is 28.7 Å². The molecule has 0 spiro atoms. The summed E-state index contributed by atoms with van der Waals surface area (Å²) in [6, 6.07) is 0.300. The van der Waals surface area contributed by atoms with E-state index in [-0.39, 0.29) is 5.91 Å². The fraction of sp³-hybridized carbons (Fsp3) is 0.875. The molecule has 0 bridgehead atoms. The van der Waals surface area contributed by atoms with Crippen molar-refractivity contribution in [1.82, 2.24) is 5.32 Å². The molecular weight excluding hydrogens is 156 g/mol. The molecule has 2 fully saturated rings. The highest BCUT2D eigenvalue weighted by Crippen LogP contribution is 2.36. The smallest absolute Gasteiger partial charge is 0.250 e. The highest BCUT2D eigenvalue weighted by molar-refractivity contribution is 5.83. The van der Waals surface area contributed by atoms with Crippen molar-refractivity contribution in [2.45, 2.75) is 43.4 Å². The van der Waals surface area contributed by atoms with Gasteiger partial charge in [0, 0.05) is 6.04 Å². The molecule has 0 aromatic rings. The zero-order valence-corrected chi connectivity index (χ0v) is 6.92. The number of hydrogen-bond acceptors (Lipinski definition) is 3. The average Bonchev–Trinajstić information content (AvgIpc) is 2.87. The first-order valence-electron chi connectivity index (χ1n) is 4.39. The second-order valence-corrected chi connectivity index (χ2v) is 3.92. The molecule has 4 heteroatoms. The van der Waals surface area contributed by atoms with E-state index in [4.69, 9.17) is 5.73 Å². The summed E-state index contributed by atoms with van der Waals surface area (Å²) in [7, 11) is 0. The maximum atomic E-state index is 11.2. The van der Waals surface area contributed by atoms with Gasteiger partial charge in [0.15, 0.2) is 6.10 Å².